The monoisotopic (exact) mass is 325 g/mol. The van der Waals surface area contributed by atoms with Gasteiger partial charge in [0.2, 0.25) is 0 Å². The van der Waals surface area contributed by atoms with E-state index in [0.29, 0.717) is 6.04 Å². The highest BCUT2D eigenvalue weighted by Gasteiger charge is 2.17. The molecule has 1 aromatic carbocycles. The summed E-state index contributed by atoms with van der Waals surface area (Å²) in [5.41, 5.74) is 4.55. The molecule has 1 saturated carbocycles. The Labute approximate surface area is 144 Å². The van der Waals surface area contributed by atoms with Gasteiger partial charge in [0.15, 0.2) is 5.96 Å². The average molecular weight is 325 g/mol. The zero-order chi connectivity index (χ0) is 16.9. The van der Waals surface area contributed by atoms with Gasteiger partial charge in [-0.3, -0.25) is 4.99 Å². The lowest BCUT2D eigenvalue weighted by atomic mass is 10.2. The maximum Gasteiger partial charge on any atom is 0.191 e. The van der Waals surface area contributed by atoms with Crippen molar-refractivity contribution in [2.24, 2.45) is 4.99 Å². The Balaban J connectivity index is 1.70. The van der Waals surface area contributed by atoms with Crippen LogP contribution < -0.4 is 10.6 Å². The Bertz CT molecular complexity index is 696. The molecule has 1 fully saturated rings. The molecule has 0 atom stereocenters. The van der Waals surface area contributed by atoms with Crippen molar-refractivity contribution < 1.29 is 0 Å². The smallest absolute Gasteiger partial charge is 0.191 e. The van der Waals surface area contributed by atoms with Crippen molar-refractivity contribution in [2.75, 3.05) is 7.05 Å². The lowest BCUT2D eigenvalue weighted by molar-refractivity contribution is 0.613. The second kappa shape index (κ2) is 7.51. The number of nitrogens with zero attached hydrogens (tertiary/aromatic N) is 3. The van der Waals surface area contributed by atoms with Gasteiger partial charge in [0.05, 0.1) is 11.4 Å². The van der Waals surface area contributed by atoms with E-state index in [1.54, 1.807) is 0 Å². The number of rotatable bonds is 4. The number of aliphatic imine (C=N–C) groups is 1. The minimum Gasteiger partial charge on any atom is -0.354 e. The van der Waals surface area contributed by atoms with Crippen molar-refractivity contribution in [1.29, 1.82) is 0 Å². The molecule has 128 valence electrons. The zero-order valence-corrected chi connectivity index (χ0v) is 14.8. The lowest BCUT2D eigenvalue weighted by Crippen LogP contribution is -2.42. The molecular formula is C19H27N5. The van der Waals surface area contributed by atoms with Gasteiger partial charge in [0, 0.05) is 30.9 Å². The quantitative estimate of drug-likeness (QED) is 0.671. The van der Waals surface area contributed by atoms with Crippen LogP contribution in [-0.2, 0) is 6.54 Å². The third-order valence-corrected chi connectivity index (χ3v) is 4.79. The summed E-state index contributed by atoms with van der Waals surface area (Å²) in [5.74, 6) is 0.883. The van der Waals surface area contributed by atoms with Crippen LogP contribution >= 0.6 is 0 Å². The van der Waals surface area contributed by atoms with Gasteiger partial charge in [0.25, 0.3) is 0 Å². The third kappa shape index (κ3) is 3.61. The summed E-state index contributed by atoms with van der Waals surface area (Å²) in [4.78, 5) is 4.36. The van der Waals surface area contributed by atoms with Crippen LogP contribution in [0.5, 0.6) is 0 Å². The summed E-state index contributed by atoms with van der Waals surface area (Å²) >= 11 is 0. The predicted molar refractivity (Wildman–Crippen MR) is 98.6 cm³/mol. The predicted octanol–water partition coefficient (Wildman–Crippen LogP) is 3.10. The average Bonchev–Trinajstić information content (AvgIpc) is 3.21. The topological polar surface area (TPSA) is 54.2 Å². The van der Waals surface area contributed by atoms with Crippen LogP contribution in [0, 0.1) is 13.8 Å². The Morgan fingerprint density at radius 3 is 2.58 bits per heavy atom. The van der Waals surface area contributed by atoms with E-state index in [4.69, 9.17) is 5.10 Å². The van der Waals surface area contributed by atoms with Gasteiger partial charge in [-0.2, -0.15) is 5.10 Å². The molecule has 5 heteroatoms. The van der Waals surface area contributed by atoms with E-state index in [9.17, 15) is 0 Å². The Morgan fingerprint density at radius 2 is 1.92 bits per heavy atom. The third-order valence-electron chi connectivity index (χ3n) is 4.79. The molecule has 0 saturated heterocycles. The van der Waals surface area contributed by atoms with E-state index in [1.165, 1.54) is 36.9 Å². The molecule has 2 N–H and O–H groups in total. The Hall–Kier alpha value is -2.30. The fraction of sp³-hybridized carbons (Fsp3) is 0.474. The van der Waals surface area contributed by atoms with Crippen molar-refractivity contribution in [2.45, 2.75) is 52.1 Å². The van der Waals surface area contributed by atoms with E-state index < -0.39 is 0 Å². The summed E-state index contributed by atoms with van der Waals surface area (Å²) in [6.45, 7) is 4.92. The number of hydrogen-bond donors (Lipinski definition) is 2. The highest BCUT2D eigenvalue weighted by atomic mass is 15.3. The van der Waals surface area contributed by atoms with E-state index in [1.807, 2.05) is 29.9 Å². The van der Waals surface area contributed by atoms with Crippen LogP contribution in [0.3, 0.4) is 0 Å². The second-order valence-corrected chi connectivity index (χ2v) is 6.45. The molecule has 1 aliphatic rings. The Morgan fingerprint density at radius 1 is 1.21 bits per heavy atom. The first-order valence-electron chi connectivity index (χ1n) is 8.76. The number of aryl methyl sites for hydroxylation is 1. The maximum absolute atomic E-state index is 4.70. The standard InChI is InChI=1S/C19H27N5/c1-14-18(13-21-19(20-3)22-16-9-7-8-10-16)15(2)24(23-14)17-11-5-4-6-12-17/h4-6,11-12,16H,7-10,13H2,1-3H3,(H2,20,21,22). The van der Waals surface area contributed by atoms with Crippen molar-refractivity contribution in [3.63, 3.8) is 0 Å². The van der Waals surface area contributed by atoms with E-state index in [0.717, 1.165) is 23.9 Å². The van der Waals surface area contributed by atoms with Crippen molar-refractivity contribution in [3.05, 3.63) is 47.3 Å². The van der Waals surface area contributed by atoms with Crippen LogP contribution in [0.25, 0.3) is 5.69 Å². The number of para-hydroxylation sites is 1. The minimum absolute atomic E-state index is 0.561. The summed E-state index contributed by atoms with van der Waals surface area (Å²) in [6.07, 6.45) is 5.11. The van der Waals surface area contributed by atoms with E-state index in [2.05, 4.69) is 41.6 Å². The molecule has 0 unspecified atom stereocenters. The number of nitrogens with one attached hydrogen (secondary N) is 2. The highest BCUT2D eigenvalue weighted by Crippen LogP contribution is 2.19. The van der Waals surface area contributed by atoms with Gasteiger partial charge < -0.3 is 10.6 Å². The second-order valence-electron chi connectivity index (χ2n) is 6.45. The van der Waals surface area contributed by atoms with Crippen LogP contribution in [0.1, 0.15) is 42.6 Å². The highest BCUT2D eigenvalue weighted by molar-refractivity contribution is 5.80. The number of benzene rings is 1. The molecule has 2 aromatic rings. The molecule has 5 nitrogen and oxygen atoms in total. The Kier molecular flexibility index (Phi) is 5.18. The lowest BCUT2D eigenvalue weighted by Gasteiger charge is -2.17. The fourth-order valence-electron chi connectivity index (χ4n) is 3.38. The minimum atomic E-state index is 0.561. The van der Waals surface area contributed by atoms with Gasteiger partial charge in [-0.25, -0.2) is 4.68 Å². The van der Waals surface area contributed by atoms with Gasteiger partial charge >= 0.3 is 0 Å². The molecule has 3 rings (SSSR count). The van der Waals surface area contributed by atoms with Crippen molar-refractivity contribution >= 4 is 5.96 Å². The van der Waals surface area contributed by atoms with Crippen molar-refractivity contribution in [3.8, 4) is 5.69 Å². The molecule has 24 heavy (non-hydrogen) atoms. The summed E-state index contributed by atoms with van der Waals surface area (Å²) in [5, 5.41) is 11.7. The first-order valence-corrected chi connectivity index (χ1v) is 8.76. The van der Waals surface area contributed by atoms with Gasteiger partial charge in [-0.05, 0) is 38.8 Å². The first-order chi connectivity index (χ1) is 11.7. The van der Waals surface area contributed by atoms with Crippen LogP contribution in [0.15, 0.2) is 35.3 Å². The molecule has 0 radical (unpaired) electrons. The number of hydrogen-bond acceptors (Lipinski definition) is 2. The SMILES string of the molecule is CN=C(NCc1c(C)nn(-c2ccccc2)c1C)NC1CCCC1. The first kappa shape index (κ1) is 16.6. The molecular weight excluding hydrogens is 298 g/mol. The summed E-state index contributed by atoms with van der Waals surface area (Å²) in [6, 6.07) is 10.8. The molecule has 0 amide bonds. The van der Waals surface area contributed by atoms with Gasteiger partial charge in [-0.15, -0.1) is 0 Å². The van der Waals surface area contributed by atoms with E-state index >= 15 is 0 Å². The molecule has 0 bridgehead atoms. The van der Waals surface area contributed by atoms with Crippen molar-refractivity contribution in [1.82, 2.24) is 20.4 Å². The van der Waals surface area contributed by atoms with Crippen LogP contribution in [-0.4, -0.2) is 28.8 Å². The normalized spacial score (nSPS) is 15.7. The zero-order valence-electron chi connectivity index (χ0n) is 14.8. The summed E-state index contributed by atoms with van der Waals surface area (Å²) in [7, 11) is 1.83. The number of guanidine groups is 1. The van der Waals surface area contributed by atoms with Gasteiger partial charge in [0.1, 0.15) is 0 Å². The largest absolute Gasteiger partial charge is 0.354 e. The molecule has 1 heterocycles. The molecule has 0 spiro atoms. The molecule has 1 aliphatic carbocycles. The molecule has 1 aromatic heterocycles. The van der Waals surface area contributed by atoms with Crippen LogP contribution in [0.2, 0.25) is 0 Å². The molecule has 0 aliphatic heterocycles. The summed E-state index contributed by atoms with van der Waals surface area (Å²) < 4.78 is 2.01. The van der Waals surface area contributed by atoms with E-state index in [-0.39, 0.29) is 0 Å². The van der Waals surface area contributed by atoms with Gasteiger partial charge in [-0.1, -0.05) is 31.0 Å². The van der Waals surface area contributed by atoms with Crippen LogP contribution in [0.4, 0.5) is 0 Å². The fourth-order valence-corrected chi connectivity index (χ4v) is 3.38. The number of aromatic nitrogens is 2. The maximum atomic E-state index is 4.70.